The molecule has 2 aromatic heterocycles. The van der Waals surface area contributed by atoms with E-state index in [1.54, 1.807) is 11.3 Å². The van der Waals surface area contributed by atoms with Gasteiger partial charge in [0.25, 0.3) is 0 Å². The Morgan fingerprint density at radius 2 is 1.18 bits per heavy atom. The molecular formula is C42H32N2S. The van der Waals surface area contributed by atoms with Crippen LogP contribution in [0.5, 0.6) is 0 Å². The average molecular weight is 597 g/mol. The third-order valence-corrected chi connectivity index (χ3v) is 9.76. The molecular weight excluding hydrogens is 565 g/mol. The van der Waals surface area contributed by atoms with Crippen molar-refractivity contribution in [3.8, 4) is 50.5 Å². The Kier molecular flexibility index (Phi) is 6.70. The first kappa shape index (κ1) is 27.3. The summed E-state index contributed by atoms with van der Waals surface area (Å²) in [5.74, 6) is 0.958. The summed E-state index contributed by atoms with van der Waals surface area (Å²) < 4.78 is 3.67. The van der Waals surface area contributed by atoms with Gasteiger partial charge in [-0.3, -0.25) is 4.57 Å². The lowest BCUT2D eigenvalue weighted by Gasteiger charge is -2.20. The van der Waals surface area contributed by atoms with Crippen LogP contribution in [0, 0.1) is 20.8 Å². The lowest BCUT2D eigenvalue weighted by Crippen LogP contribution is -2.03. The molecule has 0 aliphatic heterocycles. The lowest BCUT2D eigenvalue weighted by molar-refractivity contribution is 1.11. The molecule has 0 aliphatic rings. The zero-order chi connectivity index (χ0) is 30.5. The first-order valence-electron chi connectivity index (χ1n) is 15.4. The molecule has 8 aromatic rings. The van der Waals surface area contributed by atoms with Crippen molar-refractivity contribution in [1.29, 1.82) is 0 Å². The Morgan fingerprint density at radius 3 is 1.84 bits per heavy atom. The van der Waals surface area contributed by atoms with E-state index in [9.17, 15) is 0 Å². The van der Waals surface area contributed by atoms with Crippen LogP contribution in [0.2, 0.25) is 0 Å². The van der Waals surface area contributed by atoms with Gasteiger partial charge in [0.05, 0.1) is 16.7 Å². The Bertz CT molecular complexity index is 2260. The molecule has 0 bridgehead atoms. The minimum Gasteiger partial charge on any atom is -0.291 e. The Labute approximate surface area is 267 Å². The highest BCUT2D eigenvalue weighted by Crippen LogP contribution is 2.44. The monoisotopic (exact) mass is 596 g/mol. The molecule has 0 fully saturated rings. The van der Waals surface area contributed by atoms with Crippen molar-refractivity contribution in [3.63, 3.8) is 0 Å². The first-order chi connectivity index (χ1) is 22.1. The summed E-state index contributed by atoms with van der Waals surface area (Å²) in [6.45, 7) is 6.60. The molecule has 8 rings (SSSR count). The average Bonchev–Trinajstić information content (AvgIpc) is 3.66. The fourth-order valence-corrected chi connectivity index (χ4v) is 7.68. The van der Waals surface area contributed by atoms with Crippen LogP contribution >= 0.6 is 11.3 Å². The lowest BCUT2D eigenvalue weighted by atomic mass is 9.93. The molecule has 0 saturated heterocycles. The summed E-state index contributed by atoms with van der Waals surface area (Å²) in [6.07, 6.45) is 0. The van der Waals surface area contributed by atoms with Gasteiger partial charge in [0.1, 0.15) is 5.82 Å². The van der Waals surface area contributed by atoms with E-state index in [-0.39, 0.29) is 0 Å². The molecule has 45 heavy (non-hydrogen) atoms. The van der Waals surface area contributed by atoms with Gasteiger partial charge in [-0.1, -0.05) is 97.1 Å². The van der Waals surface area contributed by atoms with Crippen molar-refractivity contribution < 1.29 is 0 Å². The number of hydrogen-bond donors (Lipinski definition) is 0. The number of rotatable bonds is 5. The summed E-state index contributed by atoms with van der Waals surface area (Å²) in [4.78, 5) is 5.38. The number of imidazole rings is 1. The summed E-state index contributed by atoms with van der Waals surface area (Å²) >= 11 is 1.79. The Balaban J connectivity index is 1.47. The molecule has 6 aromatic carbocycles. The van der Waals surface area contributed by atoms with E-state index in [2.05, 4.69) is 164 Å². The van der Waals surface area contributed by atoms with Crippen molar-refractivity contribution in [2.75, 3.05) is 0 Å². The van der Waals surface area contributed by atoms with Crippen LogP contribution in [0.25, 0.3) is 71.6 Å². The maximum Gasteiger partial charge on any atom is 0.147 e. The summed E-state index contributed by atoms with van der Waals surface area (Å²) in [6, 6.07) is 48.1. The van der Waals surface area contributed by atoms with E-state index in [0.717, 1.165) is 28.1 Å². The van der Waals surface area contributed by atoms with E-state index < -0.39 is 0 Å². The molecule has 0 spiro atoms. The highest BCUT2D eigenvalue weighted by Gasteiger charge is 2.23. The number of thiophene rings is 1. The van der Waals surface area contributed by atoms with Gasteiger partial charge in [-0.25, -0.2) is 4.98 Å². The van der Waals surface area contributed by atoms with Crippen molar-refractivity contribution in [3.05, 3.63) is 156 Å². The second kappa shape index (κ2) is 11.0. The van der Waals surface area contributed by atoms with Crippen LogP contribution in [0.4, 0.5) is 0 Å². The summed E-state index contributed by atoms with van der Waals surface area (Å²) in [7, 11) is 0. The van der Waals surface area contributed by atoms with Gasteiger partial charge in [0.15, 0.2) is 0 Å². The number of nitrogens with zero attached hydrogens (tertiary/aromatic N) is 2. The SMILES string of the molecule is Cc1cc(-c2ccccc2)c(-n2c(-c3csc4ccc(-c5c(C)cccc5C)cc34)nc3ccccc32)c(-c2ccccc2)c1. The van der Waals surface area contributed by atoms with Crippen molar-refractivity contribution in [2.24, 2.45) is 0 Å². The molecule has 0 radical (unpaired) electrons. The highest BCUT2D eigenvalue weighted by molar-refractivity contribution is 7.17. The molecule has 0 N–H and O–H groups in total. The first-order valence-corrected chi connectivity index (χ1v) is 16.3. The molecule has 2 nitrogen and oxygen atoms in total. The van der Waals surface area contributed by atoms with Crippen LogP contribution in [-0.2, 0) is 0 Å². The third-order valence-electron chi connectivity index (χ3n) is 8.79. The van der Waals surface area contributed by atoms with Gasteiger partial charge in [-0.15, -0.1) is 11.3 Å². The Morgan fingerprint density at radius 1 is 0.556 bits per heavy atom. The standard InChI is InChI=1S/C42H32N2S/c1-27-23-33(30-15-6-4-7-16-30)41(34(24-27)31-17-8-5-9-18-31)44-38-20-11-10-19-37(38)43-42(44)36-26-45-39-22-21-32(25-35(36)39)40-28(2)13-12-14-29(40)3/h4-26H,1-3H3. The zero-order valence-electron chi connectivity index (χ0n) is 25.6. The zero-order valence-corrected chi connectivity index (χ0v) is 26.4. The van der Waals surface area contributed by atoms with Gasteiger partial charge in [-0.2, -0.15) is 0 Å². The second-order valence-electron chi connectivity index (χ2n) is 11.8. The number of benzene rings is 6. The maximum absolute atomic E-state index is 5.38. The van der Waals surface area contributed by atoms with Crippen molar-refractivity contribution in [1.82, 2.24) is 9.55 Å². The molecule has 2 heterocycles. The van der Waals surface area contributed by atoms with Gasteiger partial charge in [0, 0.05) is 32.2 Å². The predicted molar refractivity (Wildman–Crippen MR) is 192 cm³/mol. The van der Waals surface area contributed by atoms with Crippen molar-refractivity contribution in [2.45, 2.75) is 20.8 Å². The number of aryl methyl sites for hydroxylation is 3. The Hall–Kier alpha value is -5.25. The highest BCUT2D eigenvalue weighted by atomic mass is 32.1. The second-order valence-corrected chi connectivity index (χ2v) is 12.7. The minimum atomic E-state index is 0.958. The number of fused-ring (bicyclic) bond motifs is 2. The fourth-order valence-electron chi connectivity index (χ4n) is 6.76. The van der Waals surface area contributed by atoms with Gasteiger partial charge in [0.2, 0.25) is 0 Å². The van der Waals surface area contributed by atoms with E-state index >= 15 is 0 Å². The topological polar surface area (TPSA) is 17.8 Å². The third kappa shape index (κ3) is 4.68. The molecule has 0 unspecified atom stereocenters. The van der Waals surface area contributed by atoms with Gasteiger partial charge >= 0.3 is 0 Å². The normalized spacial score (nSPS) is 11.4. The summed E-state index contributed by atoms with van der Waals surface area (Å²) in [5.41, 5.74) is 15.5. The van der Waals surface area contributed by atoms with Crippen LogP contribution in [0.1, 0.15) is 16.7 Å². The van der Waals surface area contributed by atoms with Crippen LogP contribution in [-0.4, -0.2) is 9.55 Å². The van der Waals surface area contributed by atoms with E-state index in [4.69, 9.17) is 4.98 Å². The number of aromatic nitrogens is 2. The maximum atomic E-state index is 5.38. The molecule has 0 saturated carbocycles. The fraction of sp³-hybridized carbons (Fsp3) is 0.0714. The smallest absolute Gasteiger partial charge is 0.147 e. The van der Waals surface area contributed by atoms with E-state index in [1.807, 2.05) is 0 Å². The summed E-state index contributed by atoms with van der Waals surface area (Å²) in [5, 5.41) is 3.52. The largest absolute Gasteiger partial charge is 0.291 e. The van der Waals surface area contributed by atoms with Gasteiger partial charge < -0.3 is 0 Å². The molecule has 3 heteroatoms. The van der Waals surface area contributed by atoms with Crippen LogP contribution < -0.4 is 0 Å². The van der Waals surface area contributed by atoms with Crippen molar-refractivity contribution >= 4 is 32.5 Å². The quantitative estimate of drug-likeness (QED) is 0.193. The molecule has 0 atom stereocenters. The van der Waals surface area contributed by atoms with E-state index in [0.29, 0.717) is 0 Å². The van der Waals surface area contributed by atoms with E-state index in [1.165, 1.54) is 60.2 Å². The number of para-hydroxylation sites is 2. The molecule has 0 amide bonds. The molecule has 216 valence electrons. The predicted octanol–water partition coefficient (Wildman–Crippen LogP) is 11.8. The van der Waals surface area contributed by atoms with Crippen LogP contribution in [0.3, 0.4) is 0 Å². The minimum absolute atomic E-state index is 0.958. The number of hydrogen-bond acceptors (Lipinski definition) is 2. The van der Waals surface area contributed by atoms with Gasteiger partial charge in [-0.05, 0) is 96.1 Å². The van der Waals surface area contributed by atoms with Crippen LogP contribution in [0.15, 0.2) is 139 Å². The molecule has 0 aliphatic carbocycles.